The number of hydrogen-bond acceptors (Lipinski definition) is 7. The number of thioether (sulfide) groups is 1. The summed E-state index contributed by atoms with van der Waals surface area (Å²) in [6.07, 6.45) is 0.768. The second kappa shape index (κ2) is 10.9. The van der Waals surface area contributed by atoms with Crippen LogP contribution in [0.3, 0.4) is 0 Å². The van der Waals surface area contributed by atoms with Gasteiger partial charge in [-0.2, -0.15) is 0 Å². The van der Waals surface area contributed by atoms with Gasteiger partial charge in [-0.1, -0.05) is 43.0 Å². The Balaban J connectivity index is 1.56. The Hall–Kier alpha value is -2.72. The first-order valence-corrected chi connectivity index (χ1v) is 11.5. The topological polar surface area (TPSA) is 93.0 Å². The minimum Gasteiger partial charge on any atom is -0.333 e. The lowest BCUT2D eigenvalue weighted by Gasteiger charge is -2.21. The standard InChI is InChI=1S/C20H24N6O2S2/c1-3-10-25(13-18(27)21-17-9-5-4-7-15(17)2)19(28)14-30-20-22-23-24-26(20)12-16-8-6-11-29-16/h4-9,11H,3,10,12-14H2,1-2H3,(H,21,27). The summed E-state index contributed by atoms with van der Waals surface area (Å²) in [7, 11) is 0. The highest BCUT2D eigenvalue weighted by Crippen LogP contribution is 2.18. The second-order valence-electron chi connectivity index (χ2n) is 6.67. The molecule has 0 spiro atoms. The number of benzene rings is 1. The molecule has 8 nitrogen and oxygen atoms in total. The molecule has 0 unspecified atom stereocenters. The number of rotatable bonds is 10. The number of nitrogens with zero attached hydrogens (tertiary/aromatic N) is 5. The maximum Gasteiger partial charge on any atom is 0.244 e. The van der Waals surface area contributed by atoms with Gasteiger partial charge in [0.2, 0.25) is 17.0 Å². The van der Waals surface area contributed by atoms with Gasteiger partial charge < -0.3 is 10.2 Å². The van der Waals surface area contributed by atoms with Crippen LogP contribution in [-0.2, 0) is 16.1 Å². The number of amides is 2. The average Bonchev–Trinajstić information content (AvgIpc) is 3.40. The van der Waals surface area contributed by atoms with E-state index in [0.717, 1.165) is 22.5 Å². The molecule has 0 atom stereocenters. The maximum atomic E-state index is 12.8. The molecule has 30 heavy (non-hydrogen) atoms. The van der Waals surface area contributed by atoms with E-state index in [4.69, 9.17) is 0 Å². The molecule has 0 aliphatic carbocycles. The third-order valence-electron chi connectivity index (χ3n) is 4.31. The number of thiophene rings is 1. The van der Waals surface area contributed by atoms with Gasteiger partial charge in [0, 0.05) is 17.1 Å². The van der Waals surface area contributed by atoms with Gasteiger partial charge >= 0.3 is 0 Å². The highest BCUT2D eigenvalue weighted by molar-refractivity contribution is 7.99. The van der Waals surface area contributed by atoms with Crippen LogP contribution >= 0.6 is 23.1 Å². The van der Waals surface area contributed by atoms with Gasteiger partial charge in [-0.3, -0.25) is 9.59 Å². The largest absolute Gasteiger partial charge is 0.333 e. The number of carbonyl (C=O) groups is 2. The van der Waals surface area contributed by atoms with Crippen LogP contribution in [0.4, 0.5) is 5.69 Å². The van der Waals surface area contributed by atoms with Crippen LogP contribution in [0.15, 0.2) is 46.9 Å². The zero-order valence-electron chi connectivity index (χ0n) is 16.9. The molecule has 0 saturated heterocycles. The summed E-state index contributed by atoms with van der Waals surface area (Å²) in [4.78, 5) is 27.9. The zero-order chi connectivity index (χ0) is 21.3. The highest BCUT2D eigenvalue weighted by atomic mass is 32.2. The molecule has 0 saturated carbocycles. The predicted molar refractivity (Wildman–Crippen MR) is 119 cm³/mol. The number of tetrazole rings is 1. The Morgan fingerprint density at radius 2 is 2.07 bits per heavy atom. The van der Waals surface area contributed by atoms with E-state index in [-0.39, 0.29) is 24.1 Å². The third kappa shape index (κ3) is 6.14. The van der Waals surface area contributed by atoms with Crippen LogP contribution in [-0.4, -0.2) is 55.8 Å². The van der Waals surface area contributed by atoms with E-state index in [1.807, 2.05) is 55.6 Å². The van der Waals surface area contributed by atoms with Gasteiger partial charge in [0.15, 0.2) is 0 Å². The number of anilines is 1. The van der Waals surface area contributed by atoms with Crippen LogP contribution in [0.1, 0.15) is 23.8 Å². The molecule has 158 valence electrons. The number of aromatic nitrogens is 4. The van der Waals surface area contributed by atoms with E-state index in [9.17, 15) is 9.59 Å². The molecule has 0 aliphatic rings. The molecule has 2 heterocycles. The van der Waals surface area contributed by atoms with Gasteiger partial charge in [0.25, 0.3) is 0 Å². The van der Waals surface area contributed by atoms with Crippen LogP contribution in [0, 0.1) is 6.92 Å². The zero-order valence-corrected chi connectivity index (χ0v) is 18.6. The molecular weight excluding hydrogens is 420 g/mol. The smallest absolute Gasteiger partial charge is 0.244 e. The minimum atomic E-state index is -0.210. The van der Waals surface area contributed by atoms with Crippen molar-refractivity contribution in [3.05, 3.63) is 52.2 Å². The Morgan fingerprint density at radius 3 is 2.80 bits per heavy atom. The van der Waals surface area contributed by atoms with Crippen LogP contribution in [0.25, 0.3) is 0 Å². The lowest BCUT2D eigenvalue weighted by molar-refractivity contribution is -0.132. The molecular formula is C20H24N6O2S2. The fourth-order valence-electron chi connectivity index (χ4n) is 2.80. The lowest BCUT2D eigenvalue weighted by atomic mass is 10.2. The number of nitrogens with one attached hydrogen (secondary N) is 1. The van der Waals surface area contributed by atoms with E-state index >= 15 is 0 Å². The molecule has 2 amide bonds. The van der Waals surface area contributed by atoms with Crippen LogP contribution in [0.2, 0.25) is 0 Å². The van der Waals surface area contributed by atoms with Crippen molar-refractivity contribution in [1.29, 1.82) is 0 Å². The predicted octanol–water partition coefficient (Wildman–Crippen LogP) is 3.06. The van der Waals surface area contributed by atoms with Gasteiger partial charge in [-0.25, -0.2) is 4.68 Å². The Labute approximate surface area is 183 Å². The van der Waals surface area contributed by atoms with Crippen molar-refractivity contribution in [2.45, 2.75) is 32.0 Å². The molecule has 0 radical (unpaired) electrons. The summed E-state index contributed by atoms with van der Waals surface area (Å²) in [5.41, 5.74) is 1.74. The van der Waals surface area contributed by atoms with Crippen molar-refractivity contribution in [1.82, 2.24) is 25.1 Å². The fourth-order valence-corrected chi connectivity index (χ4v) is 4.27. The summed E-state index contributed by atoms with van der Waals surface area (Å²) >= 11 is 2.91. The number of aryl methyl sites for hydroxylation is 1. The molecule has 0 fully saturated rings. The van der Waals surface area contributed by atoms with Gasteiger partial charge in [0.05, 0.1) is 18.8 Å². The van der Waals surface area contributed by atoms with E-state index in [1.165, 1.54) is 11.8 Å². The molecule has 1 N–H and O–H groups in total. The van der Waals surface area contributed by atoms with Crippen molar-refractivity contribution >= 4 is 40.6 Å². The van der Waals surface area contributed by atoms with Gasteiger partial charge in [0.1, 0.15) is 0 Å². The third-order valence-corrected chi connectivity index (χ3v) is 6.11. The Kier molecular flexibility index (Phi) is 7.97. The first-order valence-electron chi connectivity index (χ1n) is 9.61. The van der Waals surface area contributed by atoms with Crippen LogP contribution in [0.5, 0.6) is 0 Å². The van der Waals surface area contributed by atoms with Crippen LogP contribution < -0.4 is 5.32 Å². The SMILES string of the molecule is CCCN(CC(=O)Nc1ccccc1C)C(=O)CSc1nnnn1Cc1cccs1. The highest BCUT2D eigenvalue weighted by Gasteiger charge is 2.19. The number of hydrogen-bond donors (Lipinski definition) is 1. The molecule has 1 aromatic carbocycles. The molecule has 3 aromatic rings. The molecule has 10 heteroatoms. The van der Waals surface area contributed by atoms with Gasteiger partial charge in [-0.05, 0) is 46.8 Å². The van der Waals surface area contributed by atoms with E-state index in [1.54, 1.807) is 20.9 Å². The van der Waals surface area contributed by atoms with Crippen molar-refractivity contribution < 1.29 is 9.59 Å². The van der Waals surface area contributed by atoms with Crippen molar-refractivity contribution in [2.24, 2.45) is 0 Å². The van der Waals surface area contributed by atoms with Crippen molar-refractivity contribution in [3.63, 3.8) is 0 Å². The average molecular weight is 445 g/mol. The minimum absolute atomic E-state index is 0.0156. The van der Waals surface area contributed by atoms with Gasteiger partial charge in [-0.15, -0.1) is 16.4 Å². The molecule has 0 bridgehead atoms. The number of carbonyl (C=O) groups excluding carboxylic acids is 2. The summed E-state index contributed by atoms with van der Waals surface area (Å²) in [5.74, 6) is -0.159. The molecule has 2 aromatic heterocycles. The van der Waals surface area contributed by atoms with Crippen molar-refractivity contribution in [2.75, 3.05) is 24.2 Å². The first kappa shape index (κ1) is 22.0. The quantitative estimate of drug-likeness (QED) is 0.483. The molecule has 0 aliphatic heterocycles. The van der Waals surface area contributed by atoms with Crippen molar-refractivity contribution in [3.8, 4) is 0 Å². The van der Waals surface area contributed by atoms with E-state index < -0.39 is 0 Å². The fraction of sp³-hybridized carbons (Fsp3) is 0.350. The second-order valence-corrected chi connectivity index (χ2v) is 8.64. The lowest BCUT2D eigenvalue weighted by Crippen LogP contribution is -2.39. The summed E-state index contributed by atoms with van der Waals surface area (Å²) in [5, 5.41) is 17.2. The maximum absolute atomic E-state index is 12.8. The molecule has 3 rings (SSSR count). The summed E-state index contributed by atoms with van der Waals surface area (Å²) < 4.78 is 1.68. The van der Waals surface area contributed by atoms with E-state index in [0.29, 0.717) is 18.2 Å². The Morgan fingerprint density at radius 1 is 1.23 bits per heavy atom. The van der Waals surface area contributed by atoms with E-state index in [2.05, 4.69) is 20.8 Å². The number of para-hydroxylation sites is 1. The monoisotopic (exact) mass is 444 g/mol. The normalized spacial score (nSPS) is 10.7. The Bertz CT molecular complexity index is 973. The summed E-state index contributed by atoms with van der Waals surface area (Å²) in [6.45, 7) is 5.01. The summed E-state index contributed by atoms with van der Waals surface area (Å²) in [6, 6.07) is 11.6. The first-order chi connectivity index (χ1) is 14.6.